The second kappa shape index (κ2) is 7.81. The van der Waals surface area contributed by atoms with Crippen LogP contribution in [0.25, 0.3) is 0 Å². The number of halogens is 1. The minimum atomic E-state index is -0.907. The van der Waals surface area contributed by atoms with Crippen LogP contribution in [0.2, 0.25) is 0 Å². The van der Waals surface area contributed by atoms with Crippen molar-refractivity contribution in [3.05, 3.63) is 28.2 Å². The number of amides is 1. The first kappa shape index (κ1) is 17.8. The van der Waals surface area contributed by atoms with E-state index >= 15 is 0 Å². The number of aromatic hydroxyl groups is 1. The highest BCUT2D eigenvalue weighted by molar-refractivity contribution is 9.10. The van der Waals surface area contributed by atoms with Gasteiger partial charge in [0, 0.05) is 10.5 Å². The zero-order valence-electron chi connectivity index (χ0n) is 13.3. The van der Waals surface area contributed by atoms with Crippen LogP contribution in [-0.2, 0) is 9.53 Å². The summed E-state index contributed by atoms with van der Waals surface area (Å²) in [5, 5.41) is 12.7. The fourth-order valence-electron chi connectivity index (χ4n) is 2.78. The number of rotatable bonds is 4. The summed E-state index contributed by atoms with van der Waals surface area (Å²) < 4.78 is 5.83. The largest absolute Gasteiger partial charge is 0.507 e. The first-order valence-corrected chi connectivity index (χ1v) is 8.67. The van der Waals surface area contributed by atoms with Crippen molar-refractivity contribution in [2.75, 3.05) is 0 Å². The molecular formula is C17H22BrNO4. The average molecular weight is 384 g/mol. The molecule has 0 radical (unpaired) electrons. The Morgan fingerprint density at radius 2 is 2.04 bits per heavy atom. The van der Waals surface area contributed by atoms with Gasteiger partial charge < -0.3 is 15.2 Å². The van der Waals surface area contributed by atoms with E-state index in [0.717, 1.165) is 19.3 Å². The van der Waals surface area contributed by atoms with Crippen molar-refractivity contribution in [1.82, 2.24) is 5.32 Å². The predicted octanol–water partition coefficient (Wildman–Crippen LogP) is 3.39. The average Bonchev–Trinajstić information content (AvgIpc) is 2.51. The Hall–Kier alpha value is -1.56. The van der Waals surface area contributed by atoms with Crippen LogP contribution < -0.4 is 5.32 Å². The lowest BCUT2D eigenvalue weighted by molar-refractivity contribution is -0.130. The summed E-state index contributed by atoms with van der Waals surface area (Å²) >= 11 is 3.23. The number of hydrogen-bond donors (Lipinski definition) is 2. The molecule has 0 unspecified atom stereocenters. The summed E-state index contributed by atoms with van der Waals surface area (Å²) in [5.41, 5.74) is 0.0325. The van der Waals surface area contributed by atoms with Gasteiger partial charge in [0.15, 0.2) is 6.10 Å². The zero-order chi connectivity index (χ0) is 17.0. The summed E-state index contributed by atoms with van der Waals surface area (Å²) in [6, 6.07) is 4.62. The molecule has 1 amide bonds. The number of phenolic OH excluding ortho intramolecular Hbond substituents is 1. The topological polar surface area (TPSA) is 75.6 Å². The van der Waals surface area contributed by atoms with Crippen molar-refractivity contribution >= 4 is 27.8 Å². The quantitative estimate of drug-likeness (QED) is 0.781. The molecule has 126 valence electrons. The van der Waals surface area contributed by atoms with Crippen molar-refractivity contribution in [3.63, 3.8) is 0 Å². The molecule has 0 saturated heterocycles. The van der Waals surface area contributed by atoms with Crippen molar-refractivity contribution in [1.29, 1.82) is 0 Å². The number of hydrogen-bond acceptors (Lipinski definition) is 4. The van der Waals surface area contributed by atoms with Crippen LogP contribution in [0.3, 0.4) is 0 Å². The maximum Gasteiger partial charge on any atom is 0.342 e. The molecule has 0 spiro atoms. The molecule has 1 aliphatic carbocycles. The Balaban J connectivity index is 1.94. The molecule has 2 N–H and O–H groups in total. The van der Waals surface area contributed by atoms with Crippen LogP contribution in [0.15, 0.2) is 22.7 Å². The fourth-order valence-corrected chi connectivity index (χ4v) is 3.14. The third kappa shape index (κ3) is 4.70. The molecule has 3 atom stereocenters. The summed E-state index contributed by atoms with van der Waals surface area (Å²) in [6.45, 7) is 3.66. The first-order chi connectivity index (χ1) is 10.9. The summed E-state index contributed by atoms with van der Waals surface area (Å²) in [5.74, 6) is -0.758. The Morgan fingerprint density at radius 3 is 2.74 bits per heavy atom. The van der Waals surface area contributed by atoms with Gasteiger partial charge in [-0.05, 0) is 43.9 Å². The van der Waals surface area contributed by atoms with E-state index in [1.807, 2.05) is 0 Å². The molecule has 1 aromatic rings. The third-order valence-corrected chi connectivity index (χ3v) is 4.76. The lowest BCUT2D eigenvalue weighted by atomic mass is 9.86. The Labute approximate surface area is 144 Å². The number of carbonyl (C=O) groups is 2. The normalized spacial score (nSPS) is 22.2. The van der Waals surface area contributed by atoms with E-state index in [9.17, 15) is 14.7 Å². The second-order valence-corrected chi connectivity index (χ2v) is 7.00. The van der Waals surface area contributed by atoms with Crippen LogP contribution in [0.1, 0.15) is 49.9 Å². The minimum Gasteiger partial charge on any atom is -0.507 e. The number of benzene rings is 1. The molecule has 0 heterocycles. The number of esters is 1. The van der Waals surface area contributed by atoms with E-state index < -0.39 is 12.1 Å². The van der Waals surface area contributed by atoms with E-state index in [2.05, 4.69) is 28.2 Å². The van der Waals surface area contributed by atoms with Gasteiger partial charge in [0.25, 0.3) is 5.91 Å². The SMILES string of the molecule is C[C@@H](OC(=O)c1cc(Br)ccc1O)C(=O)N[C@@H]1CCCC[C@@H]1C. The summed E-state index contributed by atoms with van der Waals surface area (Å²) in [4.78, 5) is 24.3. The van der Waals surface area contributed by atoms with E-state index in [0.29, 0.717) is 10.4 Å². The highest BCUT2D eigenvalue weighted by Gasteiger charge is 2.27. The predicted molar refractivity (Wildman–Crippen MR) is 90.2 cm³/mol. The van der Waals surface area contributed by atoms with Crippen LogP contribution >= 0.6 is 15.9 Å². The van der Waals surface area contributed by atoms with Gasteiger partial charge in [-0.1, -0.05) is 35.7 Å². The van der Waals surface area contributed by atoms with Crippen LogP contribution in [0.5, 0.6) is 5.75 Å². The van der Waals surface area contributed by atoms with Crippen LogP contribution in [0.4, 0.5) is 0 Å². The fraction of sp³-hybridized carbons (Fsp3) is 0.529. The van der Waals surface area contributed by atoms with Gasteiger partial charge in [-0.25, -0.2) is 4.79 Å². The number of ether oxygens (including phenoxy) is 1. The van der Waals surface area contributed by atoms with Crippen molar-refractivity contribution in [2.45, 2.75) is 51.7 Å². The molecule has 1 saturated carbocycles. The highest BCUT2D eigenvalue weighted by atomic mass is 79.9. The monoisotopic (exact) mass is 383 g/mol. The Morgan fingerprint density at radius 1 is 1.35 bits per heavy atom. The molecule has 6 heteroatoms. The maximum atomic E-state index is 12.2. The van der Waals surface area contributed by atoms with Crippen molar-refractivity contribution < 1.29 is 19.4 Å². The van der Waals surface area contributed by atoms with E-state index in [1.54, 1.807) is 6.07 Å². The lowest BCUT2D eigenvalue weighted by Gasteiger charge is -2.30. The molecule has 0 bridgehead atoms. The van der Waals surface area contributed by atoms with Gasteiger partial charge in [-0.3, -0.25) is 4.79 Å². The van der Waals surface area contributed by atoms with Gasteiger partial charge in [0.05, 0.1) is 0 Å². The molecule has 1 fully saturated rings. The Kier molecular flexibility index (Phi) is 6.04. The molecule has 1 aliphatic rings. The third-order valence-electron chi connectivity index (χ3n) is 4.27. The molecular weight excluding hydrogens is 362 g/mol. The Bertz CT molecular complexity index is 590. The number of nitrogens with one attached hydrogen (secondary N) is 1. The molecule has 1 aromatic carbocycles. The van der Waals surface area contributed by atoms with Crippen LogP contribution in [0, 0.1) is 5.92 Å². The highest BCUT2D eigenvalue weighted by Crippen LogP contribution is 2.25. The van der Waals surface area contributed by atoms with Crippen molar-refractivity contribution in [3.8, 4) is 5.75 Å². The molecule has 23 heavy (non-hydrogen) atoms. The molecule has 5 nitrogen and oxygen atoms in total. The van der Waals surface area contributed by atoms with Crippen LogP contribution in [-0.4, -0.2) is 29.1 Å². The number of phenols is 1. The van der Waals surface area contributed by atoms with E-state index in [-0.39, 0.29) is 23.3 Å². The van der Waals surface area contributed by atoms with E-state index in [1.165, 1.54) is 25.5 Å². The molecule has 0 aliphatic heterocycles. The summed E-state index contributed by atoms with van der Waals surface area (Å²) in [6.07, 6.45) is 3.45. The molecule has 0 aromatic heterocycles. The minimum absolute atomic E-state index is 0.0325. The standard InChI is InChI=1S/C17H22BrNO4/c1-10-5-3-4-6-14(10)19-16(21)11(2)23-17(22)13-9-12(18)7-8-15(13)20/h7-11,14,20H,3-6H2,1-2H3,(H,19,21)/t10-,11+,14+/m0/s1. The van der Waals surface area contributed by atoms with Crippen molar-refractivity contribution in [2.24, 2.45) is 5.92 Å². The van der Waals surface area contributed by atoms with Gasteiger partial charge in [0.1, 0.15) is 11.3 Å². The maximum absolute atomic E-state index is 12.2. The molecule has 2 rings (SSSR count). The lowest BCUT2D eigenvalue weighted by Crippen LogP contribution is -2.46. The van der Waals surface area contributed by atoms with Gasteiger partial charge in [-0.2, -0.15) is 0 Å². The number of carbonyl (C=O) groups excluding carboxylic acids is 2. The van der Waals surface area contributed by atoms with Gasteiger partial charge >= 0.3 is 5.97 Å². The van der Waals surface area contributed by atoms with Gasteiger partial charge in [0.2, 0.25) is 0 Å². The van der Waals surface area contributed by atoms with E-state index in [4.69, 9.17) is 4.74 Å². The summed E-state index contributed by atoms with van der Waals surface area (Å²) in [7, 11) is 0. The zero-order valence-corrected chi connectivity index (χ0v) is 14.9. The second-order valence-electron chi connectivity index (χ2n) is 6.09. The first-order valence-electron chi connectivity index (χ1n) is 7.88. The van der Waals surface area contributed by atoms with Gasteiger partial charge in [-0.15, -0.1) is 0 Å². The smallest absolute Gasteiger partial charge is 0.342 e.